The number of primary amides is 1. The fraction of sp³-hybridized carbons (Fsp3) is 0.333. The van der Waals surface area contributed by atoms with Crippen molar-refractivity contribution in [1.29, 1.82) is 0 Å². The molecule has 3 unspecified atom stereocenters. The van der Waals surface area contributed by atoms with Crippen LogP contribution in [0.3, 0.4) is 0 Å². The van der Waals surface area contributed by atoms with Crippen molar-refractivity contribution in [3.05, 3.63) is 101 Å². The summed E-state index contributed by atoms with van der Waals surface area (Å²) in [6.45, 7) is 6.91. The largest absolute Gasteiger partial charge is 0.510 e. The van der Waals surface area contributed by atoms with Gasteiger partial charge in [0, 0.05) is 28.8 Å². The molecule has 5 N–H and O–H groups in total. The van der Waals surface area contributed by atoms with Gasteiger partial charge in [-0.15, -0.1) is 5.11 Å². The number of azo groups is 1. The first-order valence-corrected chi connectivity index (χ1v) is 15.5. The van der Waals surface area contributed by atoms with Gasteiger partial charge in [-0.1, -0.05) is 56.3 Å². The Morgan fingerprint density at radius 3 is 2.11 bits per heavy atom. The van der Waals surface area contributed by atoms with Gasteiger partial charge in [-0.05, 0) is 93.8 Å². The number of benzene rings is 3. The average Bonchev–Trinajstić information content (AvgIpc) is 3.03. The van der Waals surface area contributed by atoms with Crippen LogP contribution in [0.25, 0.3) is 0 Å². The third-order valence-electron chi connectivity index (χ3n) is 7.98. The van der Waals surface area contributed by atoms with Crippen molar-refractivity contribution in [3.63, 3.8) is 0 Å². The summed E-state index contributed by atoms with van der Waals surface area (Å²) in [6.07, 6.45) is 3.64. The van der Waals surface area contributed by atoms with E-state index in [9.17, 15) is 24.3 Å². The Morgan fingerprint density at radius 1 is 0.826 bits per heavy atom. The van der Waals surface area contributed by atoms with E-state index in [-0.39, 0.29) is 46.2 Å². The number of rotatable bonds is 16. The quantitative estimate of drug-likeness (QED) is 0.0723. The number of hydrogen-bond donors (Lipinski definition) is 4. The van der Waals surface area contributed by atoms with Crippen LogP contribution in [0.5, 0.6) is 0 Å². The van der Waals surface area contributed by atoms with Gasteiger partial charge in [-0.3, -0.25) is 19.2 Å². The van der Waals surface area contributed by atoms with E-state index in [4.69, 9.17) is 5.73 Å². The Labute approximate surface area is 270 Å². The number of aliphatic hydroxyl groups excluding tert-OH is 1. The lowest BCUT2D eigenvalue weighted by Gasteiger charge is -2.22. The zero-order chi connectivity index (χ0) is 33.6. The molecule has 46 heavy (non-hydrogen) atoms. The minimum absolute atomic E-state index is 0.101. The third-order valence-corrected chi connectivity index (χ3v) is 7.98. The predicted octanol–water partition coefficient (Wildman–Crippen LogP) is 7.83. The second-order valence-corrected chi connectivity index (χ2v) is 11.5. The average molecular weight is 626 g/mol. The van der Waals surface area contributed by atoms with E-state index in [1.54, 1.807) is 43.3 Å². The van der Waals surface area contributed by atoms with Crippen LogP contribution in [-0.2, 0) is 14.4 Å². The highest BCUT2D eigenvalue weighted by Crippen LogP contribution is 2.30. The Bertz CT molecular complexity index is 1580. The SMILES string of the molecule is CCC(CCC(CCC(C)C(C)=O)C(=O)Nc1cccc(NC(=O)C(N=Nc2cccc(C(N)=O)c2)=C(C)O)c1)c1ccccc1. The van der Waals surface area contributed by atoms with Crippen LogP contribution in [0.4, 0.5) is 17.1 Å². The molecule has 0 aromatic heterocycles. The van der Waals surface area contributed by atoms with Crippen LogP contribution in [0.2, 0.25) is 0 Å². The van der Waals surface area contributed by atoms with Gasteiger partial charge in [0.2, 0.25) is 11.8 Å². The van der Waals surface area contributed by atoms with Crippen LogP contribution in [-0.4, -0.2) is 28.6 Å². The number of allylic oxidation sites excluding steroid dienone is 1. The topological polar surface area (TPSA) is 163 Å². The van der Waals surface area contributed by atoms with Gasteiger partial charge < -0.3 is 21.5 Å². The normalized spacial score (nSPS) is 13.7. The number of amides is 3. The molecule has 0 spiro atoms. The predicted molar refractivity (Wildman–Crippen MR) is 180 cm³/mol. The van der Waals surface area contributed by atoms with Gasteiger partial charge >= 0.3 is 0 Å². The minimum Gasteiger partial charge on any atom is -0.510 e. The second kappa shape index (κ2) is 17.4. The lowest BCUT2D eigenvalue weighted by molar-refractivity contribution is -0.122. The number of Topliss-reactive ketones (excluding diaryl/α,β-unsaturated/α-hetero) is 1. The molecule has 242 valence electrons. The molecule has 10 heteroatoms. The molecule has 0 aliphatic heterocycles. The highest BCUT2D eigenvalue weighted by Gasteiger charge is 2.23. The summed E-state index contributed by atoms with van der Waals surface area (Å²) >= 11 is 0. The molecule has 0 bridgehead atoms. The van der Waals surface area contributed by atoms with Crippen molar-refractivity contribution < 1.29 is 24.3 Å². The molecular formula is C36H43N5O5. The Balaban J connectivity index is 1.72. The third kappa shape index (κ3) is 10.8. The highest BCUT2D eigenvalue weighted by atomic mass is 16.3. The number of ketones is 1. The van der Waals surface area contributed by atoms with Crippen LogP contribution >= 0.6 is 0 Å². The van der Waals surface area contributed by atoms with Crippen molar-refractivity contribution in [2.24, 2.45) is 27.8 Å². The molecule has 0 saturated heterocycles. The summed E-state index contributed by atoms with van der Waals surface area (Å²) in [5.41, 5.74) is 7.57. The van der Waals surface area contributed by atoms with Crippen LogP contribution < -0.4 is 16.4 Å². The summed E-state index contributed by atoms with van der Waals surface area (Å²) in [4.78, 5) is 49.9. The smallest absolute Gasteiger partial charge is 0.279 e. The fourth-order valence-electron chi connectivity index (χ4n) is 5.02. The van der Waals surface area contributed by atoms with E-state index < -0.39 is 11.8 Å². The maximum atomic E-state index is 13.6. The van der Waals surface area contributed by atoms with Crippen molar-refractivity contribution >= 4 is 40.6 Å². The summed E-state index contributed by atoms with van der Waals surface area (Å²) < 4.78 is 0. The maximum absolute atomic E-state index is 13.6. The number of carbonyl (C=O) groups excluding carboxylic acids is 4. The van der Waals surface area contributed by atoms with Gasteiger partial charge in [-0.2, -0.15) is 5.11 Å². The number of hydrogen-bond acceptors (Lipinski definition) is 7. The molecule has 0 aliphatic rings. The standard InChI is InChI=1S/C36H43N5O5/c1-5-26(27-11-7-6-8-12-27)19-20-28(18-17-23(2)24(3)42)35(45)38-30-14-10-15-31(22-30)39-36(46)33(25(4)43)41-40-32-16-9-13-29(21-32)34(37)44/h6-16,21-23,26,28,43H,5,17-20H2,1-4H3,(H2,37,44)(H,38,45)(H,39,46). The van der Waals surface area contributed by atoms with E-state index in [2.05, 4.69) is 39.9 Å². The molecule has 3 atom stereocenters. The van der Waals surface area contributed by atoms with Gasteiger partial charge in [-0.25, -0.2) is 0 Å². The van der Waals surface area contributed by atoms with Crippen molar-refractivity contribution in [2.45, 2.75) is 65.7 Å². The zero-order valence-corrected chi connectivity index (χ0v) is 26.8. The van der Waals surface area contributed by atoms with Crippen molar-refractivity contribution in [3.8, 4) is 0 Å². The second-order valence-electron chi connectivity index (χ2n) is 11.5. The van der Waals surface area contributed by atoms with E-state index >= 15 is 0 Å². The minimum atomic E-state index is -0.721. The molecule has 3 aromatic rings. The van der Waals surface area contributed by atoms with Gasteiger partial charge in [0.25, 0.3) is 5.91 Å². The van der Waals surface area contributed by atoms with Crippen LogP contribution in [0.1, 0.15) is 81.6 Å². The van der Waals surface area contributed by atoms with Gasteiger partial charge in [0.15, 0.2) is 5.70 Å². The molecule has 10 nitrogen and oxygen atoms in total. The zero-order valence-electron chi connectivity index (χ0n) is 26.8. The highest BCUT2D eigenvalue weighted by molar-refractivity contribution is 6.04. The summed E-state index contributed by atoms with van der Waals surface area (Å²) in [6, 6.07) is 23.0. The van der Waals surface area contributed by atoms with Crippen molar-refractivity contribution in [1.82, 2.24) is 0 Å². The first-order chi connectivity index (χ1) is 22.0. The van der Waals surface area contributed by atoms with E-state index in [0.29, 0.717) is 36.6 Å². The number of nitrogens with two attached hydrogens (primary N) is 1. The summed E-state index contributed by atoms with van der Waals surface area (Å²) in [5.74, 6) is -1.89. The molecule has 0 aliphatic carbocycles. The molecule has 3 aromatic carbocycles. The van der Waals surface area contributed by atoms with Crippen LogP contribution in [0, 0.1) is 11.8 Å². The molecule has 0 heterocycles. The molecule has 0 fully saturated rings. The van der Waals surface area contributed by atoms with E-state index in [1.165, 1.54) is 24.6 Å². The number of aliphatic hydroxyl groups is 1. The lowest BCUT2D eigenvalue weighted by Crippen LogP contribution is -2.25. The Kier molecular flexibility index (Phi) is 13.4. The number of nitrogens with one attached hydrogen (secondary N) is 2. The van der Waals surface area contributed by atoms with E-state index in [1.807, 2.05) is 25.1 Å². The first-order valence-electron chi connectivity index (χ1n) is 15.5. The van der Waals surface area contributed by atoms with E-state index in [0.717, 1.165) is 12.8 Å². The lowest BCUT2D eigenvalue weighted by atomic mass is 9.85. The number of anilines is 2. The maximum Gasteiger partial charge on any atom is 0.279 e. The number of nitrogens with zero attached hydrogens (tertiary/aromatic N) is 2. The molecule has 3 amide bonds. The first kappa shape index (κ1) is 35.4. The van der Waals surface area contributed by atoms with Gasteiger partial charge in [0.1, 0.15) is 11.5 Å². The Hall–Kier alpha value is -5.12. The number of carbonyl (C=O) groups is 4. The molecule has 3 rings (SSSR count). The van der Waals surface area contributed by atoms with Crippen LogP contribution in [0.15, 0.2) is 101 Å². The molecular weight excluding hydrogens is 582 g/mol. The molecule has 0 radical (unpaired) electrons. The summed E-state index contributed by atoms with van der Waals surface area (Å²) in [5, 5.41) is 23.7. The Morgan fingerprint density at radius 2 is 1.48 bits per heavy atom. The summed E-state index contributed by atoms with van der Waals surface area (Å²) in [7, 11) is 0. The fourth-order valence-corrected chi connectivity index (χ4v) is 5.02. The molecule has 0 saturated carbocycles. The van der Waals surface area contributed by atoms with Crippen molar-refractivity contribution in [2.75, 3.05) is 10.6 Å². The van der Waals surface area contributed by atoms with Gasteiger partial charge in [0.05, 0.1) is 5.69 Å². The monoisotopic (exact) mass is 625 g/mol.